The number of carbonyl (C=O) groups excluding carboxylic acids is 4. The van der Waals surface area contributed by atoms with Gasteiger partial charge in [-0.2, -0.15) is 0 Å². The Morgan fingerprint density at radius 1 is 0.677 bits per heavy atom. The third kappa shape index (κ3) is 15.3. The molecule has 3 fully saturated rings. The van der Waals surface area contributed by atoms with E-state index in [1.165, 1.54) is 31.0 Å². The molecule has 0 radical (unpaired) electrons. The first-order valence-electron chi connectivity index (χ1n) is 23.8. The van der Waals surface area contributed by atoms with Crippen LogP contribution in [0.15, 0.2) is 46.7 Å². The van der Waals surface area contributed by atoms with Crippen molar-refractivity contribution in [2.24, 2.45) is 34.0 Å². The molecule has 3 aliphatic rings. The summed E-state index contributed by atoms with van der Waals surface area (Å²) >= 11 is 0. The van der Waals surface area contributed by atoms with Gasteiger partial charge in [0.1, 0.15) is 17.2 Å². The fraction of sp³-hybridized carbons (Fsp3) is 0.640. The molecule has 12 heteroatoms. The summed E-state index contributed by atoms with van der Waals surface area (Å²) < 4.78 is 6.30. The molecule has 62 heavy (non-hydrogen) atoms. The number of hydrogen-bond acceptors (Lipinski definition) is 11. The molecule has 0 spiro atoms. The number of nitrogens with zero attached hydrogens (tertiary/aromatic N) is 3. The second kappa shape index (κ2) is 25.4. The van der Waals surface area contributed by atoms with Crippen molar-refractivity contribution in [3.05, 3.63) is 63.2 Å². The second-order valence-corrected chi connectivity index (χ2v) is 18.2. The molecule has 12 nitrogen and oxygen atoms in total. The predicted molar refractivity (Wildman–Crippen MR) is 241 cm³/mol. The lowest BCUT2D eigenvalue weighted by Gasteiger charge is -2.22. The highest BCUT2D eigenvalue weighted by molar-refractivity contribution is 6.46. The maximum absolute atomic E-state index is 14.1. The van der Waals surface area contributed by atoms with Gasteiger partial charge >= 0.3 is 17.6 Å². The zero-order valence-corrected chi connectivity index (χ0v) is 37.5. The molecule has 2 aromatic rings. The second-order valence-electron chi connectivity index (χ2n) is 18.2. The van der Waals surface area contributed by atoms with Gasteiger partial charge < -0.3 is 14.4 Å². The van der Waals surface area contributed by atoms with Crippen molar-refractivity contribution >= 4 is 40.6 Å². The maximum Gasteiger partial charge on any atom is 0.335 e. The molecule has 3 saturated carbocycles. The third-order valence-electron chi connectivity index (χ3n) is 13.1. The number of Topliss-reactive ketones (excluding diaryl/α,β-unsaturated/α-hetero) is 2. The minimum atomic E-state index is -0.582. The molecule has 2 aromatic carbocycles. The molecule has 0 N–H and O–H groups in total. The molecule has 338 valence electrons. The van der Waals surface area contributed by atoms with Crippen LogP contribution in [0, 0.1) is 33.8 Å². The zero-order chi connectivity index (χ0) is 44.3. The van der Waals surface area contributed by atoms with Gasteiger partial charge in [0.25, 0.3) is 0 Å². The number of carbonyl (C=O) groups is 4. The number of unbranched alkanes of at least 4 members (excludes halogenated alkanes) is 1. The Morgan fingerprint density at radius 3 is 1.71 bits per heavy atom. The highest BCUT2D eigenvalue weighted by Gasteiger charge is 2.28. The molecule has 3 aliphatic carbocycles. The van der Waals surface area contributed by atoms with E-state index in [2.05, 4.69) is 24.2 Å². The Kier molecular flexibility index (Phi) is 19.8. The van der Waals surface area contributed by atoms with Crippen LogP contribution >= 0.6 is 0 Å². The van der Waals surface area contributed by atoms with Crippen LogP contribution in [0.5, 0.6) is 11.5 Å². The van der Waals surface area contributed by atoms with Crippen molar-refractivity contribution in [1.82, 2.24) is 0 Å². The first-order chi connectivity index (χ1) is 30.0. The van der Waals surface area contributed by atoms with Crippen molar-refractivity contribution in [1.29, 1.82) is 0 Å². The van der Waals surface area contributed by atoms with E-state index in [1.807, 2.05) is 6.92 Å². The maximum atomic E-state index is 14.1. The van der Waals surface area contributed by atoms with Gasteiger partial charge in [0.15, 0.2) is 0 Å². The van der Waals surface area contributed by atoms with E-state index in [4.69, 9.17) is 14.4 Å². The average molecular weight is 856 g/mol. The molecule has 1 atom stereocenters. The average Bonchev–Trinajstić information content (AvgIpc) is 3.28. The molecule has 0 saturated heterocycles. The van der Waals surface area contributed by atoms with Crippen molar-refractivity contribution in [2.75, 3.05) is 0 Å². The topological polar surface area (TPSA) is 164 Å². The van der Waals surface area contributed by atoms with Gasteiger partial charge in [-0.25, -0.2) is 9.59 Å². The summed E-state index contributed by atoms with van der Waals surface area (Å²) in [5.74, 6) is -0.189. The molecule has 5 rings (SSSR count). The van der Waals surface area contributed by atoms with Gasteiger partial charge in [-0.05, 0) is 111 Å². The smallest absolute Gasteiger partial charge is 0.335 e. The van der Waals surface area contributed by atoms with E-state index in [0.717, 1.165) is 109 Å². The summed E-state index contributed by atoms with van der Waals surface area (Å²) in [5, 5.41) is 20.8. The van der Waals surface area contributed by atoms with E-state index in [1.54, 1.807) is 18.2 Å². The van der Waals surface area contributed by atoms with Gasteiger partial charge in [0, 0.05) is 17.2 Å². The van der Waals surface area contributed by atoms with Gasteiger partial charge in [0.05, 0.1) is 17.8 Å². The van der Waals surface area contributed by atoms with Crippen molar-refractivity contribution in [3.8, 4) is 11.5 Å². The van der Waals surface area contributed by atoms with Crippen molar-refractivity contribution in [3.63, 3.8) is 0 Å². The molecule has 1 unspecified atom stereocenters. The fourth-order valence-corrected chi connectivity index (χ4v) is 9.18. The number of nitro groups is 1. The number of ether oxygens (including phenoxy) is 1. The number of rotatable bonds is 23. The Labute approximate surface area is 368 Å². The number of ketones is 2. The predicted octanol–water partition coefficient (Wildman–Crippen LogP) is 13.0. The van der Waals surface area contributed by atoms with E-state index < -0.39 is 28.3 Å². The summed E-state index contributed by atoms with van der Waals surface area (Å²) in [4.78, 5) is 76.1. The molecular formula is C50H69N3O9. The van der Waals surface area contributed by atoms with Crippen LogP contribution in [-0.4, -0.2) is 39.9 Å². The number of benzene rings is 2. The molecule has 0 bridgehead atoms. The van der Waals surface area contributed by atoms with Crippen LogP contribution in [0.1, 0.15) is 201 Å². The number of aryl methyl sites for hydroxylation is 1. The van der Waals surface area contributed by atoms with Crippen molar-refractivity contribution in [2.45, 2.75) is 181 Å². The lowest BCUT2D eigenvalue weighted by atomic mass is 9.84. The number of nitro benzene ring substituents is 1. The van der Waals surface area contributed by atoms with Crippen LogP contribution in [0.3, 0.4) is 0 Å². The minimum absolute atomic E-state index is 0.0512. The van der Waals surface area contributed by atoms with E-state index in [9.17, 15) is 29.3 Å². The molecule has 0 aliphatic heterocycles. The Morgan fingerprint density at radius 2 is 1.18 bits per heavy atom. The largest absolute Gasteiger partial charge is 0.450 e. The number of hydrogen-bond donors (Lipinski definition) is 0. The van der Waals surface area contributed by atoms with Gasteiger partial charge in [-0.1, -0.05) is 127 Å². The lowest BCUT2D eigenvalue weighted by molar-refractivity contribution is -0.385. The Hall–Kier alpha value is -4.74. The summed E-state index contributed by atoms with van der Waals surface area (Å²) in [6.07, 6.45) is 22.0. The summed E-state index contributed by atoms with van der Waals surface area (Å²) in [6.45, 7) is 6.31. The summed E-state index contributed by atoms with van der Waals surface area (Å²) in [5.41, 5.74) is 0.928. The molecule has 0 heterocycles. The van der Waals surface area contributed by atoms with E-state index in [0.29, 0.717) is 48.5 Å². The molecule has 0 amide bonds. The SMILES string of the molecule is CCC/C(=N\OC(=O)CC1CCCCC1)C(=O)c1ccc(Oc2ccc(C(=O)/C(CC3CCCCC3)=N/OC(=O)CC3CCCCC3)cc2[N+](=O)[O-])c(CCCCC(C)CC)c1. The summed E-state index contributed by atoms with van der Waals surface area (Å²) in [6, 6.07) is 9.07. The quantitative estimate of drug-likeness (QED) is 0.0264. The minimum Gasteiger partial charge on any atom is -0.450 e. The summed E-state index contributed by atoms with van der Waals surface area (Å²) in [7, 11) is 0. The standard InChI is InChI=1S/C50H69N3O9/c1-4-17-42(51-61-47(54)31-37-21-11-7-12-22-37)49(56)40-26-28-45(39(33-40)25-16-15-18-35(3)5-2)60-46-29-27-41(34-44(46)53(58)59)50(57)43(30-36-19-9-6-10-20-36)52-62-48(55)32-38-23-13-8-14-24-38/h26-29,33-38H,4-25,30-32H2,1-3H3/b51-42+,52-43+. The molecular weight excluding hydrogens is 787 g/mol. The van der Waals surface area contributed by atoms with Crippen LogP contribution in [0.2, 0.25) is 0 Å². The zero-order valence-electron chi connectivity index (χ0n) is 37.5. The van der Waals surface area contributed by atoms with E-state index >= 15 is 0 Å². The molecule has 0 aromatic heterocycles. The van der Waals surface area contributed by atoms with Crippen LogP contribution in [0.4, 0.5) is 5.69 Å². The number of oxime groups is 2. The van der Waals surface area contributed by atoms with Gasteiger partial charge in [0.2, 0.25) is 17.3 Å². The van der Waals surface area contributed by atoms with Gasteiger partial charge in [-0.15, -0.1) is 0 Å². The van der Waals surface area contributed by atoms with Gasteiger partial charge in [-0.3, -0.25) is 19.7 Å². The highest BCUT2D eigenvalue weighted by Crippen LogP contribution is 2.36. The van der Waals surface area contributed by atoms with Crippen molar-refractivity contribution < 1.29 is 38.5 Å². The first-order valence-corrected chi connectivity index (χ1v) is 23.8. The Bertz CT molecular complexity index is 1890. The normalized spacial score (nSPS) is 17.6. The monoisotopic (exact) mass is 856 g/mol. The fourth-order valence-electron chi connectivity index (χ4n) is 9.18. The van der Waals surface area contributed by atoms with Crippen LogP contribution < -0.4 is 4.74 Å². The Balaban J connectivity index is 1.37. The third-order valence-corrected chi connectivity index (χ3v) is 13.1. The van der Waals surface area contributed by atoms with E-state index in [-0.39, 0.29) is 59.1 Å². The lowest BCUT2D eigenvalue weighted by Crippen LogP contribution is -2.22. The first kappa shape index (κ1) is 48.3. The highest BCUT2D eigenvalue weighted by atomic mass is 16.7. The van der Waals surface area contributed by atoms with Crippen LogP contribution in [-0.2, 0) is 25.7 Å². The van der Waals surface area contributed by atoms with Crippen LogP contribution in [0.25, 0.3) is 0 Å².